The van der Waals surface area contributed by atoms with Crippen LogP contribution in [-0.2, 0) is 4.79 Å². The van der Waals surface area contributed by atoms with Crippen molar-refractivity contribution in [3.63, 3.8) is 0 Å². The molecule has 158 valence electrons. The zero-order chi connectivity index (χ0) is 22.7. The van der Waals surface area contributed by atoms with Gasteiger partial charge in [-0.2, -0.15) is 0 Å². The normalized spacial score (nSPS) is 10.5. The molecule has 0 saturated carbocycles. The molecule has 1 N–H and O–H groups in total. The smallest absolute Gasteiger partial charge is 0.299 e. The first kappa shape index (κ1) is 20.5. The number of nitrogens with zero attached hydrogens (tertiary/aromatic N) is 3. The van der Waals surface area contributed by atoms with Gasteiger partial charge in [-0.15, -0.1) is 0 Å². The first-order chi connectivity index (χ1) is 15.4. The monoisotopic (exact) mass is 432 g/mol. The number of aromatic nitrogens is 2. The van der Waals surface area contributed by atoms with E-state index < -0.39 is 22.4 Å². The summed E-state index contributed by atoms with van der Waals surface area (Å²) in [6, 6.07) is 13.5. The summed E-state index contributed by atoms with van der Waals surface area (Å²) in [5.74, 6) is -2.45. The van der Waals surface area contributed by atoms with Crippen LogP contribution >= 0.6 is 0 Å². The summed E-state index contributed by atoms with van der Waals surface area (Å²) in [7, 11) is 0. The minimum atomic E-state index is -1.02. The van der Waals surface area contributed by atoms with Crippen LogP contribution < -0.4 is 5.32 Å². The number of non-ortho nitro benzene ring substituents is 1. The molecule has 0 bridgehead atoms. The molecule has 0 aliphatic heterocycles. The highest BCUT2D eigenvalue weighted by atomic mass is 19.1. The van der Waals surface area contributed by atoms with Gasteiger partial charge in [-0.25, -0.2) is 4.39 Å². The Morgan fingerprint density at radius 1 is 0.938 bits per heavy atom. The lowest BCUT2D eigenvalue weighted by molar-refractivity contribution is -0.384. The lowest BCUT2D eigenvalue weighted by atomic mass is 10.0. The van der Waals surface area contributed by atoms with E-state index >= 15 is 0 Å². The topological polar surface area (TPSA) is 128 Å². The third-order valence-corrected chi connectivity index (χ3v) is 4.55. The lowest BCUT2D eigenvalue weighted by Gasteiger charge is -2.06. The van der Waals surface area contributed by atoms with Crippen molar-refractivity contribution in [1.29, 1.82) is 0 Å². The van der Waals surface area contributed by atoms with Crippen molar-refractivity contribution in [1.82, 2.24) is 10.1 Å². The van der Waals surface area contributed by atoms with E-state index in [1.54, 1.807) is 12.1 Å². The molecule has 0 radical (unpaired) electrons. The van der Waals surface area contributed by atoms with E-state index in [9.17, 15) is 24.1 Å². The van der Waals surface area contributed by atoms with Crippen molar-refractivity contribution >= 4 is 23.3 Å². The molecule has 32 heavy (non-hydrogen) atoms. The minimum Gasteiger partial charge on any atom is -0.337 e. The van der Waals surface area contributed by atoms with Gasteiger partial charge in [0.2, 0.25) is 5.88 Å². The van der Waals surface area contributed by atoms with Gasteiger partial charge in [0.05, 0.1) is 10.5 Å². The Morgan fingerprint density at radius 3 is 2.22 bits per heavy atom. The minimum absolute atomic E-state index is 0.0307. The van der Waals surface area contributed by atoms with Gasteiger partial charge >= 0.3 is 0 Å². The molecule has 0 aliphatic rings. The number of amides is 1. The predicted octanol–water partition coefficient (Wildman–Crippen LogP) is 4.27. The van der Waals surface area contributed by atoms with E-state index in [0.29, 0.717) is 22.4 Å². The van der Waals surface area contributed by atoms with Crippen molar-refractivity contribution in [3.8, 4) is 22.4 Å². The fourth-order valence-electron chi connectivity index (χ4n) is 2.99. The molecule has 1 amide bonds. The number of hydrogen-bond donors (Lipinski definition) is 1. The van der Waals surface area contributed by atoms with Gasteiger partial charge in [0.25, 0.3) is 17.4 Å². The van der Waals surface area contributed by atoms with Crippen molar-refractivity contribution in [2.45, 2.75) is 0 Å². The summed E-state index contributed by atoms with van der Waals surface area (Å²) in [4.78, 5) is 39.2. The van der Waals surface area contributed by atoms with Crippen LogP contribution in [0.4, 0.5) is 16.0 Å². The quantitative estimate of drug-likeness (QED) is 0.208. The molecule has 9 nitrogen and oxygen atoms in total. The number of carbonyl (C=O) groups excluding carboxylic acids is 2. The number of hydrogen-bond acceptors (Lipinski definition) is 7. The third kappa shape index (κ3) is 4.10. The van der Waals surface area contributed by atoms with Gasteiger partial charge in [-0.05, 0) is 54.1 Å². The molecule has 4 aromatic rings. The Bertz CT molecular complexity index is 1300. The second-order valence-electron chi connectivity index (χ2n) is 6.57. The fraction of sp³-hybridized carbons (Fsp3) is 0. The summed E-state index contributed by atoms with van der Waals surface area (Å²) in [6.07, 6.45) is 3.06. The standard InChI is InChI=1S/C22H13FN4O5/c23-16-5-1-14(2-6-16)19-18(13-9-11-24-12-10-13)22(32-26-19)25-21(29)20(28)15-3-7-17(8-4-15)27(30)31/h1-12H,(H,25,29). The molecule has 0 atom stereocenters. The number of rotatable bonds is 6. The highest BCUT2D eigenvalue weighted by molar-refractivity contribution is 6.46. The molecule has 0 spiro atoms. The number of nitro benzene ring substituents is 1. The van der Waals surface area contributed by atoms with E-state index in [1.807, 2.05) is 0 Å². The molecular formula is C22H13FN4O5. The molecule has 0 saturated heterocycles. The van der Waals surface area contributed by atoms with Gasteiger partial charge < -0.3 is 4.52 Å². The van der Waals surface area contributed by atoms with Crippen LogP contribution in [0.5, 0.6) is 0 Å². The molecule has 10 heteroatoms. The van der Waals surface area contributed by atoms with Crippen LogP contribution in [0.2, 0.25) is 0 Å². The largest absolute Gasteiger partial charge is 0.337 e. The number of carbonyl (C=O) groups is 2. The number of halogens is 1. The van der Waals surface area contributed by atoms with Crippen LogP contribution in [0.3, 0.4) is 0 Å². The Balaban J connectivity index is 1.67. The predicted molar refractivity (Wildman–Crippen MR) is 111 cm³/mol. The number of anilines is 1. The zero-order valence-electron chi connectivity index (χ0n) is 16.2. The number of pyridine rings is 1. The maximum Gasteiger partial charge on any atom is 0.299 e. The highest BCUT2D eigenvalue weighted by Gasteiger charge is 2.24. The van der Waals surface area contributed by atoms with Crippen LogP contribution in [0.25, 0.3) is 22.4 Å². The van der Waals surface area contributed by atoms with Crippen LogP contribution in [0, 0.1) is 15.9 Å². The molecule has 2 heterocycles. The second kappa shape index (κ2) is 8.56. The van der Waals surface area contributed by atoms with Crippen LogP contribution in [0.15, 0.2) is 77.6 Å². The maximum absolute atomic E-state index is 13.3. The highest BCUT2D eigenvalue weighted by Crippen LogP contribution is 2.37. The number of Topliss-reactive ketones (excluding diaryl/α,β-unsaturated/α-hetero) is 1. The van der Waals surface area contributed by atoms with Gasteiger partial charge in [-0.1, -0.05) is 5.16 Å². The SMILES string of the molecule is O=C(Nc1onc(-c2ccc(F)cc2)c1-c1ccncc1)C(=O)c1ccc([N+](=O)[O-])cc1. The second-order valence-corrected chi connectivity index (χ2v) is 6.57. The molecule has 2 aromatic heterocycles. The van der Waals surface area contributed by atoms with Gasteiger partial charge in [0.15, 0.2) is 0 Å². The van der Waals surface area contributed by atoms with E-state index in [1.165, 1.54) is 48.8 Å². The van der Waals surface area contributed by atoms with Crippen molar-refractivity contribution < 1.29 is 23.4 Å². The maximum atomic E-state index is 13.3. The van der Waals surface area contributed by atoms with Crippen molar-refractivity contribution in [2.24, 2.45) is 0 Å². The summed E-state index contributed by atoms with van der Waals surface area (Å²) >= 11 is 0. The number of nitro groups is 1. The number of ketones is 1. The van der Waals surface area contributed by atoms with Crippen LogP contribution in [-0.4, -0.2) is 26.8 Å². The first-order valence-electron chi connectivity index (χ1n) is 9.20. The number of benzene rings is 2. The Hall–Kier alpha value is -4.73. The van der Waals surface area contributed by atoms with E-state index in [4.69, 9.17) is 4.52 Å². The Kier molecular flexibility index (Phi) is 5.49. The van der Waals surface area contributed by atoms with Crippen LogP contribution in [0.1, 0.15) is 10.4 Å². The average Bonchev–Trinajstić information content (AvgIpc) is 3.23. The van der Waals surface area contributed by atoms with E-state index in [0.717, 1.165) is 12.1 Å². The third-order valence-electron chi connectivity index (χ3n) is 4.55. The van der Waals surface area contributed by atoms with Crippen molar-refractivity contribution in [3.05, 3.63) is 94.6 Å². The van der Waals surface area contributed by atoms with Crippen molar-refractivity contribution in [2.75, 3.05) is 5.32 Å². The molecule has 0 fully saturated rings. The summed E-state index contributed by atoms with van der Waals surface area (Å²) in [6.45, 7) is 0. The molecule has 0 unspecified atom stereocenters. The molecule has 0 aliphatic carbocycles. The zero-order valence-corrected chi connectivity index (χ0v) is 16.2. The van der Waals surface area contributed by atoms with E-state index in [-0.39, 0.29) is 17.1 Å². The Labute approximate surface area is 179 Å². The van der Waals surface area contributed by atoms with Gasteiger partial charge in [0, 0.05) is 35.7 Å². The lowest BCUT2D eigenvalue weighted by Crippen LogP contribution is -2.22. The molecular weight excluding hydrogens is 419 g/mol. The molecule has 4 rings (SSSR count). The summed E-state index contributed by atoms with van der Waals surface area (Å²) in [5.41, 5.74) is 1.60. The number of nitrogens with one attached hydrogen (secondary N) is 1. The Morgan fingerprint density at radius 2 is 1.59 bits per heavy atom. The van der Waals surface area contributed by atoms with Gasteiger partial charge in [0.1, 0.15) is 11.5 Å². The fourth-order valence-corrected chi connectivity index (χ4v) is 2.99. The summed E-state index contributed by atoms with van der Waals surface area (Å²) < 4.78 is 18.6. The average molecular weight is 432 g/mol. The first-order valence-corrected chi connectivity index (χ1v) is 9.20. The van der Waals surface area contributed by atoms with E-state index in [2.05, 4.69) is 15.5 Å². The van der Waals surface area contributed by atoms with Gasteiger partial charge in [-0.3, -0.25) is 30.0 Å². The summed E-state index contributed by atoms with van der Waals surface area (Å²) in [5, 5.41) is 17.2. The molecule has 2 aromatic carbocycles.